The summed E-state index contributed by atoms with van der Waals surface area (Å²) < 4.78 is 11.9. The van der Waals surface area contributed by atoms with Gasteiger partial charge in [0.2, 0.25) is 0 Å². The average Bonchev–Trinajstić information content (AvgIpc) is 2.89. The molecule has 174 valence electrons. The minimum absolute atomic E-state index is 0.107. The number of benzene rings is 4. The van der Waals surface area contributed by atoms with Gasteiger partial charge >= 0.3 is 0 Å². The molecule has 0 atom stereocenters. The van der Waals surface area contributed by atoms with E-state index in [1.807, 2.05) is 60.7 Å². The molecule has 4 heteroatoms. The number of nitrogens with zero attached hydrogens (tertiary/aromatic N) is 1. The van der Waals surface area contributed by atoms with E-state index < -0.39 is 0 Å². The van der Waals surface area contributed by atoms with Crippen molar-refractivity contribution in [2.24, 2.45) is 0 Å². The molecular weight excluding hydrogens is 422 g/mol. The maximum absolute atomic E-state index is 9.56. The van der Waals surface area contributed by atoms with Crippen molar-refractivity contribution < 1.29 is 14.6 Å². The Morgan fingerprint density at radius 1 is 0.588 bits per heavy atom. The summed E-state index contributed by atoms with van der Waals surface area (Å²) in [7, 11) is 0. The quantitative estimate of drug-likeness (QED) is 0.286. The molecule has 0 saturated heterocycles. The lowest BCUT2D eigenvalue weighted by atomic mass is 10.1. The van der Waals surface area contributed by atoms with Crippen molar-refractivity contribution in [3.8, 4) is 5.75 Å². The Morgan fingerprint density at radius 2 is 1.21 bits per heavy atom. The van der Waals surface area contributed by atoms with Gasteiger partial charge in [0.1, 0.15) is 12.4 Å². The van der Waals surface area contributed by atoms with Crippen LogP contribution in [0.2, 0.25) is 0 Å². The topological polar surface area (TPSA) is 41.9 Å². The molecule has 0 aliphatic carbocycles. The van der Waals surface area contributed by atoms with Gasteiger partial charge in [-0.05, 0) is 46.5 Å². The molecule has 0 amide bonds. The normalized spacial score (nSPS) is 10.7. The molecule has 1 N–H and O–H groups in total. The Bertz CT molecular complexity index is 1130. The van der Waals surface area contributed by atoms with Gasteiger partial charge in [-0.2, -0.15) is 0 Å². The van der Waals surface area contributed by atoms with Gasteiger partial charge in [-0.25, -0.2) is 0 Å². The van der Waals surface area contributed by atoms with Crippen LogP contribution in [0.1, 0.15) is 22.3 Å². The predicted octanol–water partition coefficient (Wildman–Crippen LogP) is 5.98. The van der Waals surface area contributed by atoms with Gasteiger partial charge in [0.25, 0.3) is 0 Å². The first kappa shape index (κ1) is 23.6. The molecule has 0 radical (unpaired) electrons. The highest BCUT2D eigenvalue weighted by atomic mass is 16.5. The number of anilines is 1. The molecular formula is C30H31NO3. The third-order valence-corrected chi connectivity index (χ3v) is 5.55. The van der Waals surface area contributed by atoms with Crippen LogP contribution in [0, 0.1) is 0 Å². The molecule has 4 aromatic carbocycles. The molecule has 4 rings (SSSR count). The van der Waals surface area contributed by atoms with Crippen LogP contribution in [0.25, 0.3) is 0 Å². The van der Waals surface area contributed by atoms with Gasteiger partial charge in [-0.15, -0.1) is 0 Å². The number of hydrogen-bond acceptors (Lipinski definition) is 4. The lowest BCUT2D eigenvalue weighted by Gasteiger charge is -2.24. The second-order valence-corrected chi connectivity index (χ2v) is 8.22. The summed E-state index contributed by atoms with van der Waals surface area (Å²) >= 11 is 0. The van der Waals surface area contributed by atoms with Crippen LogP contribution < -0.4 is 9.64 Å². The van der Waals surface area contributed by atoms with Gasteiger partial charge in [0.05, 0.1) is 19.8 Å². The summed E-state index contributed by atoms with van der Waals surface area (Å²) in [5, 5.41) is 9.56. The van der Waals surface area contributed by atoms with Gasteiger partial charge in [0, 0.05) is 18.8 Å². The number of aliphatic hydroxyl groups is 1. The molecule has 0 saturated carbocycles. The van der Waals surface area contributed by atoms with E-state index in [-0.39, 0.29) is 6.61 Å². The van der Waals surface area contributed by atoms with Gasteiger partial charge in [-0.3, -0.25) is 0 Å². The van der Waals surface area contributed by atoms with E-state index in [4.69, 9.17) is 9.47 Å². The van der Waals surface area contributed by atoms with Crippen LogP contribution in [-0.2, 0) is 31.1 Å². The predicted molar refractivity (Wildman–Crippen MR) is 137 cm³/mol. The molecule has 0 spiro atoms. The fourth-order valence-electron chi connectivity index (χ4n) is 3.82. The molecule has 0 aliphatic rings. The van der Waals surface area contributed by atoms with Crippen molar-refractivity contribution in [1.29, 1.82) is 0 Å². The maximum atomic E-state index is 9.56. The molecule has 0 fully saturated rings. The number of rotatable bonds is 12. The fraction of sp³-hybridized carbons (Fsp3) is 0.200. The molecule has 0 unspecified atom stereocenters. The third kappa shape index (κ3) is 7.20. The lowest BCUT2D eigenvalue weighted by Crippen LogP contribution is -2.26. The zero-order valence-corrected chi connectivity index (χ0v) is 19.3. The lowest BCUT2D eigenvalue weighted by molar-refractivity contribution is 0.107. The Balaban J connectivity index is 1.32. The molecule has 0 aliphatic heterocycles. The Morgan fingerprint density at radius 3 is 1.91 bits per heavy atom. The number of ether oxygens (including phenoxy) is 2. The van der Waals surface area contributed by atoms with E-state index >= 15 is 0 Å². The second kappa shape index (κ2) is 12.6. The standard InChI is InChI=1S/C30H31NO3/c32-18-17-31(21-25-9-3-1-4-10-25)29-15-7-13-27(19-29)22-33-23-28-14-8-16-30(20-28)34-24-26-11-5-2-6-12-26/h1-16,19-20,32H,17-18,21-24H2. The van der Waals surface area contributed by atoms with Gasteiger partial charge in [-0.1, -0.05) is 84.9 Å². The van der Waals surface area contributed by atoms with Crippen LogP contribution >= 0.6 is 0 Å². The molecule has 34 heavy (non-hydrogen) atoms. The summed E-state index contributed by atoms with van der Waals surface area (Å²) in [4.78, 5) is 2.19. The van der Waals surface area contributed by atoms with E-state index in [1.165, 1.54) is 5.56 Å². The smallest absolute Gasteiger partial charge is 0.120 e. The van der Waals surface area contributed by atoms with E-state index in [9.17, 15) is 5.11 Å². The first-order valence-electron chi connectivity index (χ1n) is 11.6. The maximum Gasteiger partial charge on any atom is 0.120 e. The highest BCUT2D eigenvalue weighted by Crippen LogP contribution is 2.20. The van der Waals surface area contributed by atoms with Crippen LogP contribution in [0.5, 0.6) is 5.75 Å². The van der Waals surface area contributed by atoms with Crippen LogP contribution in [0.4, 0.5) is 5.69 Å². The van der Waals surface area contributed by atoms with Crippen LogP contribution in [-0.4, -0.2) is 18.3 Å². The second-order valence-electron chi connectivity index (χ2n) is 8.22. The monoisotopic (exact) mass is 453 g/mol. The van der Waals surface area contributed by atoms with Crippen molar-refractivity contribution in [2.45, 2.75) is 26.4 Å². The van der Waals surface area contributed by atoms with Crippen molar-refractivity contribution in [1.82, 2.24) is 0 Å². The minimum atomic E-state index is 0.107. The van der Waals surface area contributed by atoms with Crippen molar-refractivity contribution in [3.63, 3.8) is 0 Å². The fourth-order valence-corrected chi connectivity index (χ4v) is 3.82. The van der Waals surface area contributed by atoms with Crippen molar-refractivity contribution in [3.05, 3.63) is 131 Å². The molecule has 0 bridgehead atoms. The summed E-state index contributed by atoms with van der Waals surface area (Å²) in [6, 6.07) is 36.8. The van der Waals surface area contributed by atoms with E-state index in [0.717, 1.165) is 34.7 Å². The zero-order valence-electron chi connectivity index (χ0n) is 19.3. The van der Waals surface area contributed by atoms with E-state index in [0.29, 0.717) is 26.4 Å². The summed E-state index contributed by atoms with van der Waals surface area (Å²) in [6.07, 6.45) is 0. The first-order valence-corrected chi connectivity index (χ1v) is 11.6. The highest BCUT2D eigenvalue weighted by Gasteiger charge is 2.08. The minimum Gasteiger partial charge on any atom is -0.489 e. The molecule has 4 aromatic rings. The highest BCUT2D eigenvalue weighted by molar-refractivity contribution is 5.49. The Hall–Kier alpha value is -3.60. The zero-order chi connectivity index (χ0) is 23.4. The van der Waals surface area contributed by atoms with Crippen LogP contribution in [0.3, 0.4) is 0 Å². The van der Waals surface area contributed by atoms with E-state index in [2.05, 4.69) is 53.4 Å². The van der Waals surface area contributed by atoms with Crippen molar-refractivity contribution in [2.75, 3.05) is 18.1 Å². The molecule has 4 nitrogen and oxygen atoms in total. The third-order valence-electron chi connectivity index (χ3n) is 5.55. The Labute approximate surface area is 202 Å². The van der Waals surface area contributed by atoms with Gasteiger partial charge in [0.15, 0.2) is 0 Å². The summed E-state index contributed by atoms with van der Waals surface area (Å²) in [6.45, 7) is 3.01. The van der Waals surface area contributed by atoms with Gasteiger partial charge < -0.3 is 19.5 Å². The first-order chi connectivity index (χ1) is 16.8. The average molecular weight is 454 g/mol. The Kier molecular flexibility index (Phi) is 8.72. The number of aliphatic hydroxyl groups excluding tert-OH is 1. The summed E-state index contributed by atoms with van der Waals surface area (Å²) in [5.41, 5.74) is 5.62. The van der Waals surface area contributed by atoms with Crippen LogP contribution in [0.15, 0.2) is 109 Å². The SMILES string of the molecule is OCCN(Cc1ccccc1)c1cccc(COCc2cccc(OCc3ccccc3)c2)c1. The van der Waals surface area contributed by atoms with E-state index in [1.54, 1.807) is 0 Å². The molecule has 0 heterocycles. The molecule has 0 aromatic heterocycles. The summed E-state index contributed by atoms with van der Waals surface area (Å²) in [5.74, 6) is 0.840. The van der Waals surface area contributed by atoms with Crippen molar-refractivity contribution >= 4 is 5.69 Å². The number of hydrogen-bond donors (Lipinski definition) is 1. The largest absolute Gasteiger partial charge is 0.489 e.